The molecule has 0 unspecified atom stereocenters. The zero-order chi connectivity index (χ0) is 19.6. The van der Waals surface area contributed by atoms with Crippen molar-refractivity contribution >= 4 is 22.5 Å². The maximum absolute atomic E-state index is 12.5. The molecule has 1 N–H and O–H groups in total. The highest BCUT2D eigenvalue weighted by Crippen LogP contribution is 2.30. The molecule has 0 amide bonds. The minimum Gasteiger partial charge on any atom is -0.493 e. The Morgan fingerprint density at radius 1 is 1.22 bits per heavy atom. The molecular weight excluding hydrogens is 370 g/mol. The summed E-state index contributed by atoms with van der Waals surface area (Å²) in [5.74, 6) is 2.44. The third-order valence-corrected chi connectivity index (χ3v) is 4.82. The van der Waals surface area contributed by atoms with Crippen LogP contribution in [0.25, 0.3) is 10.9 Å². The first-order chi connectivity index (χ1) is 13.0. The number of H-pyrrole nitrogens is 1. The van der Waals surface area contributed by atoms with Gasteiger partial charge in [0.2, 0.25) is 0 Å². The summed E-state index contributed by atoms with van der Waals surface area (Å²) < 4.78 is 12.4. The highest BCUT2D eigenvalue weighted by atomic mass is 35.5. The van der Waals surface area contributed by atoms with Crippen molar-refractivity contribution in [3.05, 3.63) is 45.5 Å². The van der Waals surface area contributed by atoms with Gasteiger partial charge in [0.1, 0.15) is 16.8 Å². The first-order valence-corrected chi connectivity index (χ1v) is 8.88. The highest BCUT2D eigenvalue weighted by Gasteiger charge is 2.14. The molecule has 0 radical (unpaired) electrons. The molecule has 0 bridgehead atoms. The van der Waals surface area contributed by atoms with Crippen molar-refractivity contribution in [2.75, 3.05) is 20.8 Å². The van der Waals surface area contributed by atoms with Gasteiger partial charge in [0.05, 0.1) is 44.4 Å². The van der Waals surface area contributed by atoms with Crippen LogP contribution in [0, 0.1) is 0 Å². The molecule has 0 spiro atoms. The number of ether oxygens (including phenoxy) is 2. The van der Waals surface area contributed by atoms with Gasteiger partial charge in [-0.3, -0.25) is 9.69 Å². The number of methoxy groups -OCH3 is 2. The second-order valence-electron chi connectivity index (χ2n) is 6.10. The summed E-state index contributed by atoms with van der Waals surface area (Å²) in [4.78, 5) is 26.4. The summed E-state index contributed by atoms with van der Waals surface area (Å²) in [5, 5.41) is 1.04. The van der Waals surface area contributed by atoms with E-state index in [-0.39, 0.29) is 5.56 Å². The van der Waals surface area contributed by atoms with E-state index in [9.17, 15) is 4.79 Å². The Morgan fingerprint density at radius 3 is 2.52 bits per heavy atom. The lowest BCUT2D eigenvalue weighted by Gasteiger charge is -2.19. The molecule has 0 aliphatic heterocycles. The maximum atomic E-state index is 12.5. The normalized spacial score (nSPS) is 11.3. The lowest BCUT2D eigenvalue weighted by atomic mass is 10.2. The van der Waals surface area contributed by atoms with Crippen LogP contribution in [0.1, 0.15) is 18.6 Å². The van der Waals surface area contributed by atoms with Crippen LogP contribution < -0.4 is 15.0 Å². The first kappa shape index (κ1) is 19.2. The van der Waals surface area contributed by atoms with Gasteiger partial charge in [-0.25, -0.2) is 9.97 Å². The second kappa shape index (κ2) is 7.98. The number of imidazole rings is 1. The molecule has 0 atom stereocenters. The van der Waals surface area contributed by atoms with E-state index >= 15 is 0 Å². The van der Waals surface area contributed by atoms with Crippen molar-refractivity contribution in [1.29, 1.82) is 0 Å². The van der Waals surface area contributed by atoms with E-state index < -0.39 is 0 Å². The fourth-order valence-electron chi connectivity index (χ4n) is 2.85. The zero-order valence-electron chi connectivity index (χ0n) is 15.7. The number of nitrogens with one attached hydrogen (secondary N) is 1. The summed E-state index contributed by atoms with van der Waals surface area (Å²) in [7, 11) is 4.95. The minimum absolute atomic E-state index is 0.216. The Labute approximate surface area is 161 Å². The fraction of sp³-hybridized carbons (Fsp3) is 0.389. The molecule has 2 aromatic heterocycles. The number of benzene rings is 1. The Bertz CT molecular complexity index is 1010. The van der Waals surface area contributed by atoms with Crippen molar-refractivity contribution in [3.63, 3.8) is 0 Å². The molecule has 0 aliphatic rings. The summed E-state index contributed by atoms with van der Waals surface area (Å²) in [6, 6.07) is 3.35. The largest absolute Gasteiger partial charge is 0.493 e. The van der Waals surface area contributed by atoms with Gasteiger partial charge in [0, 0.05) is 13.1 Å². The minimum atomic E-state index is -0.216. The van der Waals surface area contributed by atoms with Gasteiger partial charge in [0.15, 0.2) is 11.5 Å². The maximum Gasteiger partial charge on any atom is 0.258 e. The van der Waals surface area contributed by atoms with E-state index in [1.807, 2.05) is 18.5 Å². The number of fused-ring (bicyclic) bond motifs is 1. The predicted molar refractivity (Wildman–Crippen MR) is 103 cm³/mol. The Kier molecular flexibility index (Phi) is 5.67. The van der Waals surface area contributed by atoms with Crippen molar-refractivity contribution in [2.24, 2.45) is 7.05 Å². The van der Waals surface area contributed by atoms with Crippen molar-refractivity contribution in [1.82, 2.24) is 24.4 Å². The lowest BCUT2D eigenvalue weighted by molar-refractivity contribution is 0.255. The van der Waals surface area contributed by atoms with E-state index in [4.69, 9.17) is 21.1 Å². The highest BCUT2D eigenvalue weighted by molar-refractivity contribution is 6.29. The summed E-state index contributed by atoms with van der Waals surface area (Å²) in [5.41, 5.74) is 0.342. The van der Waals surface area contributed by atoms with Gasteiger partial charge in [-0.05, 0) is 12.6 Å². The molecule has 27 heavy (non-hydrogen) atoms. The molecule has 9 heteroatoms. The monoisotopic (exact) mass is 391 g/mol. The van der Waals surface area contributed by atoms with Crippen LogP contribution >= 0.6 is 11.6 Å². The standard InChI is InChI=1S/C18H22ClN5O3/c1-5-24(10-17-20-8-15(19)23(17)2)9-16-21-12-7-14(27-4)13(26-3)6-11(12)18(25)22-16/h6-8H,5,9-10H2,1-4H3,(H,21,22,25). The summed E-state index contributed by atoms with van der Waals surface area (Å²) in [6.45, 7) is 3.86. The molecule has 8 nitrogen and oxygen atoms in total. The SMILES string of the molecule is CCN(Cc1nc2cc(OC)c(OC)cc2c(=O)[nH]1)Cc1ncc(Cl)n1C. The van der Waals surface area contributed by atoms with Crippen LogP contribution in [-0.4, -0.2) is 45.2 Å². The average molecular weight is 392 g/mol. The van der Waals surface area contributed by atoms with Gasteiger partial charge in [-0.1, -0.05) is 18.5 Å². The van der Waals surface area contributed by atoms with Gasteiger partial charge >= 0.3 is 0 Å². The van der Waals surface area contributed by atoms with Crippen LogP contribution in [0.2, 0.25) is 5.15 Å². The zero-order valence-corrected chi connectivity index (χ0v) is 16.5. The summed E-state index contributed by atoms with van der Waals surface area (Å²) >= 11 is 6.06. The predicted octanol–water partition coefficient (Wildman–Crippen LogP) is 2.35. The second-order valence-corrected chi connectivity index (χ2v) is 6.48. The molecule has 144 valence electrons. The average Bonchev–Trinajstić information content (AvgIpc) is 2.98. The van der Waals surface area contributed by atoms with Gasteiger partial charge < -0.3 is 19.0 Å². The van der Waals surface area contributed by atoms with Gasteiger partial charge in [0.25, 0.3) is 5.56 Å². The van der Waals surface area contributed by atoms with E-state index in [1.165, 1.54) is 7.11 Å². The molecule has 3 aromatic rings. The van der Waals surface area contributed by atoms with Crippen LogP contribution in [0.15, 0.2) is 23.1 Å². The fourth-order valence-corrected chi connectivity index (χ4v) is 3.00. The molecule has 0 aliphatic carbocycles. The third kappa shape index (κ3) is 3.91. The molecule has 2 heterocycles. The number of nitrogens with zero attached hydrogens (tertiary/aromatic N) is 4. The molecule has 3 rings (SSSR count). The molecular formula is C18H22ClN5O3. The topological polar surface area (TPSA) is 85.3 Å². The number of hydrogen-bond acceptors (Lipinski definition) is 6. The van der Waals surface area contributed by atoms with Crippen molar-refractivity contribution < 1.29 is 9.47 Å². The van der Waals surface area contributed by atoms with Gasteiger partial charge in [-0.2, -0.15) is 0 Å². The van der Waals surface area contributed by atoms with Crippen molar-refractivity contribution in [2.45, 2.75) is 20.0 Å². The smallest absolute Gasteiger partial charge is 0.258 e. The number of halogens is 1. The van der Waals surface area contributed by atoms with Gasteiger partial charge in [-0.15, -0.1) is 0 Å². The van der Waals surface area contributed by atoms with Crippen LogP contribution in [0.5, 0.6) is 11.5 Å². The van der Waals surface area contributed by atoms with E-state index in [0.29, 0.717) is 46.5 Å². The number of rotatable bonds is 7. The van der Waals surface area contributed by atoms with E-state index in [2.05, 4.69) is 19.9 Å². The Balaban J connectivity index is 1.91. The van der Waals surface area contributed by atoms with Crippen LogP contribution in [0.4, 0.5) is 0 Å². The first-order valence-electron chi connectivity index (χ1n) is 8.50. The molecule has 1 aromatic carbocycles. The lowest BCUT2D eigenvalue weighted by Crippen LogP contribution is -2.26. The summed E-state index contributed by atoms with van der Waals surface area (Å²) in [6.07, 6.45) is 1.63. The van der Waals surface area contributed by atoms with E-state index in [0.717, 1.165) is 12.4 Å². The number of aromatic nitrogens is 4. The van der Waals surface area contributed by atoms with Crippen LogP contribution in [-0.2, 0) is 20.1 Å². The quantitative estimate of drug-likeness (QED) is 0.665. The Hall–Kier alpha value is -2.58. The molecule has 0 saturated carbocycles. The van der Waals surface area contributed by atoms with Crippen LogP contribution in [0.3, 0.4) is 0 Å². The number of aromatic amines is 1. The van der Waals surface area contributed by atoms with E-state index in [1.54, 1.807) is 25.4 Å². The third-order valence-electron chi connectivity index (χ3n) is 4.47. The van der Waals surface area contributed by atoms with Crippen molar-refractivity contribution in [3.8, 4) is 11.5 Å². The number of hydrogen-bond donors (Lipinski definition) is 1. The molecule has 0 saturated heterocycles. The molecule has 0 fully saturated rings. The Morgan fingerprint density at radius 2 is 1.93 bits per heavy atom.